The van der Waals surface area contributed by atoms with Crippen LogP contribution in [-0.4, -0.2) is 30.4 Å². The zero-order chi connectivity index (χ0) is 34.1. The van der Waals surface area contributed by atoms with Gasteiger partial charge < -0.3 is 14.8 Å². The number of ether oxygens (including phenoxy) is 2. The van der Waals surface area contributed by atoms with Crippen LogP contribution in [0.3, 0.4) is 0 Å². The third-order valence-corrected chi connectivity index (χ3v) is 6.91. The second-order valence-corrected chi connectivity index (χ2v) is 11.6. The van der Waals surface area contributed by atoms with Crippen molar-refractivity contribution in [2.24, 2.45) is 5.92 Å². The molecular weight excluding hydrogens is 623 g/mol. The maximum Gasteiger partial charge on any atom is 0.416 e. The second-order valence-electron chi connectivity index (χ2n) is 11.6. The minimum atomic E-state index is -5.07. The first-order valence-electron chi connectivity index (χ1n) is 14.0. The predicted octanol–water partition coefficient (Wildman–Crippen LogP) is 9.31. The van der Waals surface area contributed by atoms with Gasteiger partial charge in [-0.3, -0.25) is 4.90 Å². The van der Waals surface area contributed by atoms with Gasteiger partial charge in [-0.2, -0.15) is 39.5 Å². The first-order valence-corrected chi connectivity index (χ1v) is 14.0. The number of alkyl carbamates (subject to hydrolysis) is 1. The molecule has 1 N–H and O–H groups in total. The molecule has 0 saturated carbocycles. The Morgan fingerprint density at radius 2 is 1.38 bits per heavy atom. The van der Waals surface area contributed by atoms with Crippen molar-refractivity contribution in [2.75, 3.05) is 4.90 Å². The number of amides is 2. The summed E-state index contributed by atoms with van der Waals surface area (Å²) in [7, 11) is 0. The van der Waals surface area contributed by atoms with E-state index in [2.05, 4.69) is 5.32 Å². The van der Waals surface area contributed by atoms with E-state index in [1.54, 1.807) is 13.8 Å². The topological polar surface area (TPSA) is 67.9 Å². The largest absolute Gasteiger partial charge is 0.446 e. The maximum atomic E-state index is 13.6. The van der Waals surface area contributed by atoms with Crippen LogP contribution >= 0.6 is 0 Å². The summed E-state index contributed by atoms with van der Waals surface area (Å²) in [6.45, 7) is 8.19. The number of fused-ring (bicyclic) bond motifs is 1. The third-order valence-electron chi connectivity index (χ3n) is 6.91. The van der Waals surface area contributed by atoms with Crippen LogP contribution in [0, 0.1) is 5.92 Å². The summed E-state index contributed by atoms with van der Waals surface area (Å²) >= 11 is 0. The second kappa shape index (κ2) is 13.4. The standard InChI is InChI=1S/C30H33F9N2O4/c1-15(2)8-22-14-24(23-13-19(28(31,32)33)6-7-25(23)41(22)27(43)44-16(3)4)40-26(42)45-17(5)9-18-10-20(29(34,35)36)12-21(11-18)30(37,38)39/h6-7,10-13,15-17,22,24H,8-9,14H2,1-5H3,(H,40,42). The predicted molar refractivity (Wildman–Crippen MR) is 145 cm³/mol. The van der Waals surface area contributed by atoms with Gasteiger partial charge in [0.05, 0.1) is 34.5 Å². The molecule has 1 aliphatic heterocycles. The number of rotatable bonds is 7. The van der Waals surface area contributed by atoms with Crippen molar-refractivity contribution in [3.63, 3.8) is 0 Å². The van der Waals surface area contributed by atoms with Crippen LogP contribution in [0.25, 0.3) is 0 Å². The van der Waals surface area contributed by atoms with Crippen LogP contribution in [0.1, 0.15) is 81.3 Å². The number of nitrogens with one attached hydrogen (secondary N) is 1. The molecule has 0 aromatic heterocycles. The van der Waals surface area contributed by atoms with E-state index in [4.69, 9.17) is 9.47 Å². The van der Waals surface area contributed by atoms with Crippen LogP contribution in [0.4, 0.5) is 54.8 Å². The Labute approximate surface area is 253 Å². The first-order chi connectivity index (χ1) is 20.6. The van der Waals surface area contributed by atoms with Gasteiger partial charge in [-0.1, -0.05) is 13.8 Å². The fraction of sp³-hybridized carbons (Fsp3) is 0.533. The molecular formula is C30H33F9N2O4. The van der Waals surface area contributed by atoms with E-state index in [1.807, 2.05) is 13.8 Å². The van der Waals surface area contributed by atoms with E-state index in [0.717, 1.165) is 18.2 Å². The van der Waals surface area contributed by atoms with Crippen LogP contribution in [-0.2, 0) is 34.4 Å². The molecule has 2 aromatic carbocycles. The van der Waals surface area contributed by atoms with Crippen molar-refractivity contribution >= 4 is 17.9 Å². The summed E-state index contributed by atoms with van der Waals surface area (Å²) in [6, 6.07) is 2.01. The van der Waals surface area contributed by atoms with Crippen molar-refractivity contribution < 1.29 is 58.6 Å². The Bertz CT molecular complexity index is 1340. The van der Waals surface area contributed by atoms with E-state index in [1.165, 1.54) is 11.8 Å². The SMILES string of the molecule is CC(C)CC1CC(NC(=O)OC(C)Cc2cc(C(F)(F)F)cc(C(F)(F)F)c2)c2cc(C(F)(F)F)ccc2N1C(=O)OC(C)C. The summed E-state index contributed by atoms with van der Waals surface area (Å²) in [6.07, 6.45) is -18.8. The Hall–Kier alpha value is -3.65. The van der Waals surface area contributed by atoms with Gasteiger partial charge in [-0.15, -0.1) is 0 Å². The molecule has 0 radical (unpaired) electrons. The number of nitrogens with zero attached hydrogens (tertiary/aromatic N) is 1. The molecule has 2 amide bonds. The first kappa shape index (κ1) is 35.8. The zero-order valence-electron chi connectivity index (χ0n) is 25.0. The van der Waals surface area contributed by atoms with Gasteiger partial charge in [0.2, 0.25) is 0 Å². The Morgan fingerprint density at radius 1 is 0.822 bits per heavy atom. The molecule has 3 unspecified atom stereocenters. The molecule has 0 aliphatic carbocycles. The number of benzene rings is 2. The molecule has 0 fully saturated rings. The molecule has 0 bridgehead atoms. The normalized spacial score (nSPS) is 18.1. The highest BCUT2D eigenvalue weighted by molar-refractivity contribution is 5.90. The van der Waals surface area contributed by atoms with E-state index < -0.39 is 83.7 Å². The van der Waals surface area contributed by atoms with Gasteiger partial charge >= 0.3 is 30.7 Å². The van der Waals surface area contributed by atoms with E-state index in [9.17, 15) is 49.1 Å². The highest BCUT2D eigenvalue weighted by Gasteiger charge is 2.41. The van der Waals surface area contributed by atoms with Crippen molar-refractivity contribution in [1.82, 2.24) is 5.32 Å². The fourth-order valence-electron chi connectivity index (χ4n) is 5.19. The average molecular weight is 657 g/mol. The van der Waals surface area contributed by atoms with E-state index in [-0.39, 0.29) is 29.7 Å². The fourth-order valence-corrected chi connectivity index (χ4v) is 5.19. The number of alkyl halides is 9. The third kappa shape index (κ3) is 9.42. The Balaban J connectivity index is 1.91. The monoisotopic (exact) mass is 656 g/mol. The van der Waals surface area contributed by atoms with Crippen molar-refractivity contribution in [2.45, 2.75) is 96.7 Å². The minimum Gasteiger partial charge on any atom is -0.446 e. The highest BCUT2D eigenvalue weighted by Crippen LogP contribution is 2.43. The number of halogens is 9. The molecule has 3 rings (SSSR count). The lowest BCUT2D eigenvalue weighted by Crippen LogP contribution is -2.49. The van der Waals surface area contributed by atoms with Gasteiger partial charge in [0.25, 0.3) is 0 Å². The minimum absolute atomic E-state index is 0.0158. The summed E-state index contributed by atoms with van der Waals surface area (Å²) in [5.41, 5.74) is -4.47. The molecule has 1 aliphatic rings. The van der Waals surface area contributed by atoms with E-state index >= 15 is 0 Å². The molecule has 1 heterocycles. The van der Waals surface area contributed by atoms with Crippen molar-refractivity contribution in [3.05, 3.63) is 64.2 Å². The van der Waals surface area contributed by atoms with Crippen LogP contribution in [0.5, 0.6) is 0 Å². The lowest BCUT2D eigenvalue weighted by molar-refractivity contribution is -0.143. The molecule has 0 spiro atoms. The van der Waals surface area contributed by atoms with Crippen molar-refractivity contribution in [3.8, 4) is 0 Å². The summed E-state index contributed by atoms with van der Waals surface area (Å²) in [5, 5.41) is 2.48. The molecule has 250 valence electrons. The van der Waals surface area contributed by atoms with Gasteiger partial charge in [0, 0.05) is 12.5 Å². The lowest BCUT2D eigenvalue weighted by atomic mass is 9.86. The van der Waals surface area contributed by atoms with Gasteiger partial charge in [-0.25, -0.2) is 9.59 Å². The summed E-state index contributed by atoms with van der Waals surface area (Å²) in [5.74, 6) is 0.0158. The number of hydrogen-bond donors (Lipinski definition) is 1. The zero-order valence-corrected chi connectivity index (χ0v) is 25.0. The van der Waals surface area contributed by atoms with Crippen LogP contribution < -0.4 is 10.2 Å². The lowest BCUT2D eigenvalue weighted by Gasteiger charge is -2.41. The molecule has 15 heteroatoms. The average Bonchev–Trinajstić information content (AvgIpc) is 2.85. The molecule has 6 nitrogen and oxygen atoms in total. The van der Waals surface area contributed by atoms with Crippen molar-refractivity contribution in [1.29, 1.82) is 0 Å². The smallest absolute Gasteiger partial charge is 0.416 e. The molecule has 0 saturated heterocycles. The van der Waals surface area contributed by atoms with E-state index in [0.29, 0.717) is 18.6 Å². The van der Waals surface area contributed by atoms with Gasteiger partial charge in [0.1, 0.15) is 6.10 Å². The number of carbonyl (C=O) groups excluding carboxylic acids is 2. The van der Waals surface area contributed by atoms with Gasteiger partial charge in [0.15, 0.2) is 0 Å². The van der Waals surface area contributed by atoms with Crippen LogP contribution in [0.2, 0.25) is 0 Å². The number of hydrogen-bond acceptors (Lipinski definition) is 4. The Morgan fingerprint density at radius 3 is 1.87 bits per heavy atom. The molecule has 2 aromatic rings. The number of anilines is 1. The molecule has 3 atom stereocenters. The van der Waals surface area contributed by atoms with Gasteiger partial charge in [-0.05, 0) is 87.1 Å². The highest BCUT2D eigenvalue weighted by atomic mass is 19.4. The number of carbonyl (C=O) groups is 2. The molecule has 45 heavy (non-hydrogen) atoms. The summed E-state index contributed by atoms with van der Waals surface area (Å²) in [4.78, 5) is 27.3. The Kier molecular flexibility index (Phi) is 10.6. The van der Waals surface area contributed by atoms with Crippen LogP contribution in [0.15, 0.2) is 36.4 Å². The maximum absolute atomic E-state index is 13.6. The quantitative estimate of drug-likeness (QED) is 0.302. The summed E-state index contributed by atoms with van der Waals surface area (Å²) < 4.78 is 131.